The zero-order valence-electron chi connectivity index (χ0n) is 21.3. The number of H-pyrrole nitrogens is 1. The fraction of sp³-hybridized carbons (Fsp3) is 0.276. The van der Waals surface area contributed by atoms with Crippen molar-refractivity contribution in [2.45, 2.75) is 38.4 Å². The van der Waals surface area contributed by atoms with Crippen LogP contribution in [0.15, 0.2) is 77.9 Å². The number of carbonyl (C=O) groups excluding carboxylic acids is 2. The van der Waals surface area contributed by atoms with Crippen LogP contribution in [0.25, 0.3) is 16.6 Å². The molecule has 2 aromatic carbocycles. The molecule has 2 atom stereocenters. The predicted molar refractivity (Wildman–Crippen MR) is 149 cm³/mol. The van der Waals surface area contributed by atoms with E-state index in [1.165, 1.54) is 10.6 Å². The Labute approximate surface area is 225 Å². The highest BCUT2D eigenvalue weighted by Gasteiger charge is 2.33. The summed E-state index contributed by atoms with van der Waals surface area (Å²) < 4.78 is 1.52. The minimum Gasteiger partial charge on any atom is -0.360 e. The monoisotopic (exact) mass is 531 g/mol. The van der Waals surface area contributed by atoms with Crippen molar-refractivity contribution in [3.63, 3.8) is 0 Å². The molecule has 2 unspecified atom stereocenters. The number of hydrogen-bond acceptors (Lipinski definition) is 4. The maximum absolute atomic E-state index is 13.2. The van der Waals surface area contributed by atoms with Crippen LogP contribution in [0.3, 0.4) is 0 Å². The molecular formula is C29H30ClN5O3. The molecule has 0 saturated carbocycles. The molecule has 3 heterocycles. The van der Waals surface area contributed by atoms with Gasteiger partial charge >= 0.3 is 0 Å². The van der Waals surface area contributed by atoms with Gasteiger partial charge in [-0.1, -0.05) is 23.7 Å². The average molecular weight is 532 g/mol. The first-order chi connectivity index (χ1) is 18.3. The summed E-state index contributed by atoms with van der Waals surface area (Å²) in [6, 6.07) is 17.1. The normalized spacial score (nSPS) is 18.0. The lowest BCUT2D eigenvalue weighted by molar-refractivity contribution is 0.0776. The molecule has 196 valence electrons. The van der Waals surface area contributed by atoms with E-state index < -0.39 is 0 Å². The Bertz CT molecular complexity index is 1530. The molecule has 2 aromatic heterocycles. The highest BCUT2D eigenvalue weighted by atomic mass is 35.5. The second-order valence-corrected chi connectivity index (χ2v) is 10.3. The van der Waals surface area contributed by atoms with Gasteiger partial charge in [0, 0.05) is 65.3 Å². The number of carbonyl (C=O) groups is 2. The van der Waals surface area contributed by atoms with Crippen LogP contribution in [0.4, 0.5) is 0 Å². The Morgan fingerprint density at radius 3 is 2.42 bits per heavy atom. The van der Waals surface area contributed by atoms with Gasteiger partial charge in [-0.2, -0.15) is 0 Å². The molecule has 2 amide bonds. The van der Waals surface area contributed by atoms with E-state index in [-0.39, 0.29) is 29.5 Å². The summed E-state index contributed by atoms with van der Waals surface area (Å²) in [6.45, 7) is 5.69. The number of nitrogens with one attached hydrogen (secondary N) is 3. The van der Waals surface area contributed by atoms with Crippen LogP contribution in [-0.2, 0) is 0 Å². The number of halogens is 1. The third kappa shape index (κ3) is 5.37. The average Bonchev–Trinajstić information content (AvgIpc) is 3.29. The summed E-state index contributed by atoms with van der Waals surface area (Å²) in [4.78, 5) is 43.9. The number of piperidine rings is 1. The van der Waals surface area contributed by atoms with Gasteiger partial charge in [0.1, 0.15) is 0 Å². The predicted octanol–water partition coefficient (Wildman–Crippen LogP) is 3.98. The van der Waals surface area contributed by atoms with Gasteiger partial charge in [-0.05, 0) is 62.7 Å². The maximum atomic E-state index is 13.2. The first-order valence-corrected chi connectivity index (χ1v) is 13.1. The number of aromatic nitrogens is 2. The highest BCUT2D eigenvalue weighted by molar-refractivity contribution is 6.35. The van der Waals surface area contributed by atoms with Crippen molar-refractivity contribution in [2.75, 3.05) is 13.1 Å². The lowest BCUT2D eigenvalue weighted by Crippen LogP contribution is -2.61. The first-order valence-electron chi connectivity index (χ1n) is 12.7. The molecule has 0 bridgehead atoms. The molecule has 3 N–H and O–H groups in total. The molecule has 38 heavy (non-hydrogen) atoms. The minimum absolute atomic E-state index is 0.141. The number of aromatic amines is 1. The second-order valence-electron chi connectivity index (χ2n) is 9.89. The standard InChI is InChI=1S/C29H30ClN5O3/c1-18(2)34-14-12-24(32-29(38)20-8-11-22-23(30)16-31-25(22)15-20)26(17-34)33-28(37)19-6-9-21(10-7-19)35-13-4-3-5-27(35)36/h3-11,13,15-16,18,24,26,31H,12,14,17H2,1-2H3,(H,32,38)(H,33,37). The smallest absolute Gasteiger partial charge is 0.255 e. The lowest BCUT2D eigenvalue weighted by Gasteiger charge is -2.41. The number of likely N-dealkylation sites (tertiary alicyclic amines) is 1. The SMILES string of the molecule is CC(C)N1CCC(NC(=O)c2ccc3c(Cl)c[nH]c3c2)C(NC(=O)c2ccc(-n3ccccc3=O)cc2)C1. The van der Waals surface area contributed by atoms with Gasteiger partial charge < -0.3 is 15.6 Å². The van der Waals surface area contributed by atoms with E-state index in [9.17, 15) is 14.4 Å². The molecule has 0 aliphatic carbocycles. The van der Waals surface area contributed by atoms with E-state index in [1.807, 2.05) is 6.07 Å². The number of hydrogen-bond donors (Lipinski definition) is 3. The summed E-state index contributed by atoms with van der Waals surface area (Å²) >= 11 is 6.17. The Balaban J connectivity index is 1.31. The van der Waals surface area contributed by atoms with Gasteiger partial charge in [-0.15, -0.1) is 0 Å². The molecule has 0 radical (unpaired) electrons. The van der Waals surface area contributed by atoms with Crippen LogP contribution in [0, 0.1) is 0 Å². The Kier molecular flexibility index (Phi) is 7.35. The molecule has 0 spiro atoms. The van der Waals surface area contributed by atoms with E-state index in [0.29, 0.717) is 40.8 Å². The van der Waals surface area contributed by atoms with Crippen molar-refractivity contribution >= 4 is 34.3 Å². The largest absolute Gasteiger partial charge is 0.360 e. The summed E-state index contributed by atoms with van der Waals surface area (Å²) in [6.07, 6.45) is 4.10. The van der Waals surface area contributed by atoms with Gasteiger partial charge in [0.15, 0.2) is 0 Å². The van der Waals surface area contributed by atoms with Crippen LogP contribution in [0.1, 0.15) is 41.0 Å². The highest BCUT2D eigenvalue weighted by Crippen LogP contribution is 2.24. The quantitative estimate of drug-likeness (QED) is 0.350. The number of benzene rings is 2. The molecule has 8 nitrogen and oxygen atoms in total. The van der Waals surface area contributed by atoms with Crippen molar-refractivity contribution in [3.8, 4) is 5.69 Å². The number of amides is 2. The summed E-state index contributed by atoms with van der Waals surface area (Å²) in [5.41, 5.74) is 2.35. The third-order valence-electron chi connectivity index (χ3n) is 7.13. The molecule has 4 aromatic rings. The van der Waals surface area contributed by atoms with Gasteiger partial charge in [0.2, 0.25) is 0 Å². The third-order valence-corrected chi connectivity index (χ3v) is 7.44. The lowest BCUT2D eigenvalue weighted by atomic mass is 9.97. The van der Waals surface area contributed by atoms with Crippen LogP contribution in [0.5, 0.6) is 0 Å². The summed E-state index contributed by atoms with van der Waals surface area (Å²) in [5, 5.41) is 7.76. The van der Waals surface area contributed by atoms with E-state index >= 15 is 0 Å². The van der Waals surface area contributed by atoms with Crippen LogP contribution in [-0.4, -0.2) is 57.5 Å². The number of pyridine rings is 1. The second kappa shape index (κ2) is 10.8. The summed E-state index contributed by atoms with van der Waals surface area (Å²) in [5.74, 6) is -0.424. The first kappa shape index (κ1) is 25.8. The van der Waals surface area contributed by atoms with Gasteiger partial charge in [0.05, 0.1) is 17.1 Å². The van der Waals surface area contributed by atoms with Crippen LogP contribution < -0.4 is 16.2 Å². The maximum Gasteiger partial charge on any atom is 0.255 e. The van der Waals surface area contributed by atoms with Crippen molar-refractivity contribution in [1.29, 1.82) is 0 Å². The van der Waals surface area contributed by atoms with E-state index in [4.69, 9.17) is 11.6 Å². The summed E-state index contributed by atoms with van der Waals surface area (Å²) in [7, 11) is 0. The molecule has 1 fully saturated rings. The van der Waals surface area contributed by atoms with E-state index in [1.54, 1.807) is 60.9 Å². The fourth-order valence-corrected chi connectivity index (χ4v) is 5.13. The van der Waals surface area contributed by atoms with E-state index in [0.717, 1.165) is 17.4 Å². The molecule has 1 saturated heterocycles. The Morgan fingerprint density at radius 1 is 0.974 bits per heavy atom. The fourth-order valence-electron chi connectivity index (χ4n) is 4.91. The van der Waals surface area contributed by atoms with Crippen molar-refractivity contribution < 1.29 is 9.59 Å². The Hall–Kier alpha value is -3.88. The number of rotatable bonds is 6. The van der Waals surface area contributed by atoms with Crippen molar-refractivity contribution in [3.05, 3.63) is 99.6 Å². The Morgan fingerprint density at radius 2 is 1.68 bits per heavy atom. The molecule has 1 aliphatic heterocycles. The zero-order chi connectivity index (χ0) is 26.8. The van der Waals surface area contributed by atoms with E-state index in [2.05, 4.69) is 34.4 Å². The van der Waals surface area contributed by atoms with Crippen LogP contribution in [0.2, 0.25) is 5.02 Å². The van der Waals surface area contributed by atoms with Crippen LogP contribution >= 0.6 is 11.6 Å². The van der Waals surface area contributed by atoms with Gasteiger partial charge in [-0.3, -0.25) is 23.9 Å². The van der Waals surface area contributed by atoms with Gasteiger partial charge in [-0.25, -0.2) is 0 Å². The number of fused-ring (bicyclic) bond motifs is 1. The number of nitrogens with zero attached hydrogens (tertiary/aromatic N) is 2. The molecule has 9 heteroatoms. The van der Waals surface area contributed by atoms with Gasteiger partial charge in [0.25, 0.3) is 17.4 Å². The minimum atomic E-state index is -0.275. The zero-order valence-corrected chi connectivity index (χ0v) is 22.0. The van der Waals surface area contributed by atoms with Crippen molar-refractivity contribution in [2.24, 2.45) is 0 Å². The topological polar surface area (TPSA) is 99.2 Å². The van der Waals surface area contributed by atoms with Crippen molar-refractivity contribution in [1.82, 2.24) is 25.1 Å². The molecule has 5 rings (SSSR count). The molecule has 1 aliphatic rings. The molecular weight excluding hydrogens is 502 g/mol.